The van der Waals surface area contributed by atoms with Gasteiger partial charge in [0.05, 0.1) is 0 Å². The Morgan fingerprint density at radius 2 is 1.50 bits per heavy atom. The van der Waals surface area contributed by atoms with Crippen molar-refractivity contribution in [2.45, 2.75) is 84.0 Å². The van der Waals surface area contributed by atoms with Gasteiger partial charge in [-0.05, 0) is 19.3 Å². The number of unbranched alkanes of at least 4 members (excludes halogenated alkanes) is 7. The molecule has 0 rings (SSSR count). The fraction of sp³-hybridized carbons (Fsp3) is 0.778. The van der Waals surface area contributed by atoms with Gasteiger partial charge >= 0.3 is 0 Å². The van der Waals surface area contributed by atoms with Gasteiger partial charge in [-0.2, -0.15) is 0 Å². The van der Waals surface area contributed by atoms with E-state index in [1.54, 1.807) is 0 Å². The first-order valence-corrected chi connectivity index (χ1v) is 7.92. The molecule has 2 radical (unpaired) electrons. The van der Waals surface area contributed by atoms with Crippen molar-refractivity contribution in [1.82, 2.24) is 0 Å². The lowest BCUT2D eigenvalue weighted by molar-refractivity contribution is 0.505. The molecule has 0 aliphatic rings. The van der Waals surface area contributed by atoms with Crippen molar-refractivity contribution in [2.24, 2.45) is 5.92 Å². The van der Waals surface area contributed by atoms with Crippen LogP contribution in [0, 0.1) is 31.6 Å². The van der Waals surface area contributed by atoms with Gasteiger partial charge < -0.3 is 0 Å². The summed E-state index contributed by atoms with van der Waals surface area (Å²) >= 11 is 0. The first-order chi connectivity index (χ1) is 8.85. The highest BCUT2D eigenvalue weighted by Crippen LogP contribution is 2.16. The van der Waals surface area contributed by atoms with Gasteiger partial charge in [0.2, 0.25) is 0 Å². The molecular weight excluding hydrogens is 216 g/mol. The molecule has 0 heterocycles. The van der Waals surface area contributed by atoms with Gasteiger partial charge in [-0.3, -0.25) is 0 Å². The minimum absolute atomic E-state index is 0.648. The van der Waals surface area contributed by atoms with E-state index in [1.165, 1.54) is 57.8 Å². The first-order valence-electron chi connectivity index (χ1n) is 7.92. The predicted molar refractivity (Wildman–Crippen MR) is 83.1 cm³/mol. The Labute approximate surface area is 116 Å². The second-order valence-corrected chi connectivity index (χ2v) is 5.17. The topological polar surface area (TPSA) is 0 Å². The van der Waals surface area contributed by atoms with Gasteiger partial charge in [0.15, 0.2) is 0 Å². The maximum Gasteiger partial charge on any atom is 0.0202 e. The smallest absolute Gasteiger partial charge is 0.0202 e. The van der Waals surface area contributed by atoms with E-state index in [-0.39, 0.29) is 0 Å². The van der Waals surface area contributed by atoms with Crippen LogP contribution in [-0.2, 0) is 0 Å². The zero-order valence-electron chi connectivity index (χ0n) is 12.5. The summed E-state index contributed by atoms with van der Waals surface area (Å²) in [5, 5.41) is 0. The highest BCUT2D eigenvalue weighted by atomic mass is 14.1. The minimum atomic E-state index is 0.648. The highest BCUT2D eigenvalue weighted by molar-refractivity contribution is 5.03. The summed E-state index contributed by atoms with van der Waals surface area (Å²) in [5.41, 5.74) is 0. The molecule has 0 aromatic rings. The molecule has 18 heavy (non-hydrogen) atoms. The Bertz CT molecular complexity index is 206. The van der Waals surface area contributed by atoms with Crippen molar-refractivity contribution in [3.63, 3.8) is 0 Å². The molecule has 0 saturated carbocycles. The third kappa shape index (κ3) is 12.0. The maximum atomic E-state index is 3.89. The van der Waals surface area contributed by atoms with Gasteiger partial charge in [-0.1, -0.05) is 78.1 Å². The lowest BCUT2D eigenvalue weighted by atomic mass is 9.96. The van der Waals surface area contributed by atoms with Crippen LogP contribution in [0.2, 0.25) is 0 Å². The summed E-state index contributed by atoms with van der Waals surface area (Å²) in [6.45, 7) is 10.0. The molecular formula is C18H32. The molecule has 1 unspecified atom stereocenters. The number of rotatable bonds is 11. The van der Waals surface area contributed by atoms with E-state index in [1.807, 2.05) is 0 Å². The minimum Gasteiger partial charge on any atom is -0.103 e. The van der Waals surface area contributed by atoms with Crippen LogP contribution in [0.25, 0.3) is 0 Å². The number of hydrogen-bond donors (Lipinski definition) is 0. The van der Waals surface area contributed by atoms with Crippen molar-refractivity contribution in [3.8, 4) is 11.8 Å². The summed E-state index contributed by atoms with van der Waals surface area (Å²) in [4.78, 5) is 0. The normalized spacial score (nSPS) is 11.9. The summed E-state index contributed by atoms with van der Waals surface area (Å²) in [5.74, 6) is 7.50. The first kappa shape index (κ1) is 17.6. The van der Waals surface area contributed by atoms with Crippen LogP contribution >= 0.6 is 0 Å². The van der Waals surface area contributed by atoms with E-state index in [0.717, 1.165) is 19.3 Å². The van der Waals surface area contributed by atoms with Crippen LogP contribution in [-0.4, -0.2) is 0 Å². The summed E-state index contributed by atoms with van der Waals surface area (Å²) in [6.07, 6.45) is 14.8. The Morgan fingerprint density at radius 3 is 2.17 bits per heavy atom. The molecule has 0 spiro atoms. The molecule has 0 aliphatic carbocycles. The Morgan fingerprint density at radius 1 is 0.833 bits per heavy atom. The molecule has 1 atom stereocenters. The Kier molecular flexibility index (Phi) is 14.3. The standard InChI is InChI=1S/C18H32/c1-4-7-9-11-13-16-18(15-6-3)17-14-12-10-8-5-2/h18H,1-2,4-13,15-16H2,3H3. The van der Waals surface area contributed by atoms with Crippen molar-refractivity contribution < 1.29 is 0 Å². The van der Waals surface area contributed by atoms with Gasteiger partial charge in [-0.25, -0.2) is 0 Å². The summed E-state index contributed by atoms with van der Waals surface area (Å²) in [6, 6.07) is 0. The van der Waals surface area contributed by atoms with Crippen LogP contribution in [0.5, 0.6) is 0 Å². The van der Waals surface area contributed by atoms with Crippen LogP contribution in [0.15, 0.2) is 0 Å². The van der Waals surface area contributed by atoms with Gasteiger partial charge in [0, 0.05) is 12.3 Å². The van der Waals surface area contributed by atoms with Crippen molar-refractivity contribution >= 4 is 0 Å². The lowest BCUT2D eigenvalue weighted by Gasteiger charge is -2.08. The lowest BCUT2D eigenvalue weighted by Crippen LogP contribution is -1.97. The van der Waals surface area contributed by atoms with Crippen molar-refractivity contribution in [1.29, 1.82) is 0 Å². The van der Waals surface area contributed by atoms with E-state index in [4.69, 9.17) is 0 Å². The summed E-state index contributed by atoms with van der Waals surface area (Å²) in [7, 11) is 0. The number of hydrogen-bond acceptors (Lipinski definition) is 0. The third-order valence-electron chi connectivity index (χ3n) is 3.30. The molecule has 0 aromatic carbocycles. The second-order valence-electron chi connectivity index (χ2n) is 5.17. The predicted octanol–water partition coefficient (Wildman–Crippen LogP) is 5.98. The molecule has 0 heteroatoms. The van der Waals surface area contributed by atoms with Crippen LogP contribution in [0.1, 0.15) is 84.0 Å². The van der Waals surface area contributed by atoms with Crippen molar-refractivity contribution in [3.05, 3.63) is 13.8 Å². The Hall–Kier alpha value is -0.440. The second kappa shape index (κ2) is 14.6. The molecule has 104 valence electrons. The van der Waals surface area contributed by atoms with E-state index in [2.05, 4.69) is 32.6 Å². The molecule has 0 aromatic heterocycles. The van der Waals surface area contributed by atoms with Gasteiger partial charge in [0.1, 0.15) is 0 Å². The average molecular weight is 248 g/mol. The van der Waals surface area contributed by atoms with E-state index < -0.39 is 0 Å². The SMILES string of the molecule is [CH2]CCCCC#CC(CCC)CCCCCC[CH2]. The molecule has 0 amide bonds. The largest absolute Gasteiger partial charge is 0.103 e. The molecule has 0 aliphatic heterocycles. The van der Waals surface area contributed by atoms with Crippen LogP contribution in [0.3, 0.4) is 0 Å². The zero-order valence-corrected chi connectivity index (χ0v) is 12.5. The van der Waals surface area contributed by atoms with Gasteiger partial charge in [-0.15, -0.1) is 5.92 Å². The third-order valence-corrected chi connectivity index (χ3v) is 3.30. The van der Waals surface area contributed by atoms with E-state index in [9.17, 15) is 0 Å². The molecule has 0 saturated heterocycles. The fourth-order valence-electron chi connectivity index (χ4n) is 2.16. The van der Waals surface area contributed by atoms with Crippen molar-refractivity contribution in [2.75, 3.05) is 0 Å². The van der Waals surface area contributed by atoms with Crippen LogP contribution < -0.4 is 0 Å². The maximum absolute atomic E-state index is 3.89. The average Bonchev–Trinajstić information content (AvgIpc) is 2.38. The Balaban J connectivity index is 3.69. The quantitative estimate of drug-likeness (QED) is 0.312. The molecule has 0 bridgehead atoms. The molecule has 0 N–H and O–H groups in total. The molecule has 0 nitrogen and oxygen atoms in total. The molecule has 0 fully saturated rings. The summed E-state index contributed by atoms with van der Waals surface area (Å²) < 4.78 is 0. The van der Waals surface area contributed by atoms with Crippen LogP contribution in [0.4, 0.5) is 0 Å². The zero-order chi connectivity index (χ0) is 13.5. The highest BCUT2D eigenvalue weighted by Gasteiger charge is 2.03. The van der Waals surface area contributed by atoms with E-state index >= 15 is 0 Å². The fourth-order valence-corrected chi connectivity index (χ4v) is 2.16. The monoisotopic (exact) mass is 248 g/mol. The van der Waals surface area contributed by atoms with Gasteiger partial charge in [0.25, 0.3) is 0 Å². The van der Waals surface area contributed by atoms with E-state index in [0.29, 0.717) is 5.92 Å².